The molecule has 1 N–H and O–H groups in total. The van der Waals surface area contributed by atoms with Crippen LogP contribution in [0.4, 0.5) is 0 Å². The van der Waals surface area contributed by atoms with Crippen molar-refractivity contribution in [3.05, 3.63) is 30.3 Å². The monoisotopic (exact) mass is 298 g/mol. The molecule has 0 aromatic heterocycles. The molecule has 0 fully saturated rings. The summed E-state index contributed by atoms with van der Waals surface area (Å²) in [5.41, 5.74) is 2.89. The van der Waals surface area contributed by atoms with E-state index in [-0.39, 0.29) is 0 Å². The minimum Gasteiger partial charge on any atom is -0.442 e. The summed E-state index contributed by atoms with van der Waals surface area (Å²) in [6.45, 7) is 0.310. The van der Waals surface area contributed by atoms with Gasteiger partial charge in [0.05, 0.1) is 0 Å². The van der Waals surface area contributed by atoms with Crippen molar-refractivity contribution < 1.29 is 9.15 Å². The second-order valence-electron chi connectivity index (χ2n) is 4.51. The normalized spacial score (nSPS) is 18.9. The summed E-state index contributed by atoms with van der Waals surface area (Å²) in [5, 5.41) is 0. The quantitative estimate of drug-likeness (QED) is 0.682. The van der Waals surface area contributed by atoms with E-state index in [1.54, 1.807) is 6.66 Å². The number of hydroxylamine groups is 1. The van der Waals surface area contributed by atoms with E-state index in [4.69, 9.17) is 21.0 Å². The Kier molecular flexibility index (Phi) is 5.37. The third-order valence-electron chi connectivity index (χ3n) is 2.72. The van der Waals surface area contributed by atoms with Crippen LogP contribution in [0.3, 0.4) is 0 Å². The average Bonchev–Trinajstić information content (AvgIpc) is 2.66. The zero-order chi connectivity index (χ0) is 13.6. The lowest BCUT2D eigenvalue weighted by molar-refractivity contribution is 0.260. The first-order valence-electron chi connectivity index (χ1n) is 6.46. The first-order chi connectivity index (χ1) is 9.16. The first kappa shape index (κ1) is 14.5. The number of nitrogens with one attached hydrogen (secondary N) is 1. The van der Waals surface area contributed by atoms with Gasteiger partial charge in [-0.25, -0.2) is 10.1 Å². The zero-order valence-corrected chi connectivity index (χ0v) is 12.8. The minimum absolute atomic E-state index is 0.734. The molecule has 19 heavy (non-hydrogen) atoms. The Balaban J connectivity index is 1.87. The zero-order valence-electron chi connectivity index (χ0n) is 11.0. The molecule has 0 bridgehead atoms. The van der Waals surface area contributed by atoms with Crippen molar-refractivity contribution in [2.24, 2.45) is 4.99 Å². The van der Waals surface area contributed by atoms with Crippen molar-refractivity contribution in [3.63, 3.8) is 0 Å². The largest absolute Gasteiger partial charge is 0.442 e. The lowest BCUT2D eigenvalue weighted by Gasteiger charge is -2.19. The fraction of sp³-hybridized carbons (Fsp3) is 0.462. The molecule has 4 nitrogen and oxygen atoms in total. The van der Waals surface area contributed by atoms with Gasteiger partial charge in [0.25, 0.3) is 6.49 Å². The molecule has 1 heterocycles. The Morgan fingerprint density at radius 3 is 2.79 bits per heavy atom. The number of hydrogen-bond acceptors (Lipinski definition) is 5. The molecular formula is C13H19N2O2PS. The fourth-order valence-electron chi connectivity index (χ4n) is 1.78. The smallest absolute Gasteiger partial charge is 0.258 e. The fourth-order valence-corrected chi connectivity index (χ4v) is 2.97. The second-order valence-corrected chi connectivity index (χ2v) is 8.41. The van der Waals surface area contributed by atoms with Gasteiger partial charge in [0, 0.05) is 19.6 Å². The highest BCUT2D eigenvalue weighted by molar-refractivity contribution is 8.09. The SMILES string of the molecule is CP(=S)(ONC1=NCCCCC1)Oc1ccccc1. The van der Waals surface area contributed by atoms with Crippen LogP contribution in [-0.2, 0) is 16.4 Å². The lowest BCUT2D eigenvalue weighted by Crippen LogP contribution is -2.23. The van der Waals surface area contributed by atoms with Crippen LogP contribution in [0.1, 0.15) is 25.7 Å². The van der Waals surface area contributed by atoms with Gasteiger partial charge in [0.1, 0.15) is 11.6 Å². The molecular weight excluding hydrogens is 279 g/mol. The predicted molar refractivity (Wildman–Crippen MR) is 82.3 cm³/mol. The van der Waals surface area contributed by atoms with Crippen LogP contribution >= 0.6 is 6.49 Å². The van der Waals surface area contributed by atoms with Gasteiger partial charge in [-0.3, -0.25) is 4.99 Å². The summed E-state index contributed by atoms with van der Waals surface area (Å²) in [4.78, 5) is 4.43. The van der Waals surface area contributed by atoms with Crippen molar-refractivity contribution in [1.29, 1.82) is 0 Å². The Bertz CT molecular complexity index is 479. The second kappa shape index (κ2) is 7.04. The molecule has 0 saturated carbocycles. The molecule has 1 aliphatic rings. The van der Waals surface area contributed by atoms with E-state index in [2.05, 4.69) is 10.5 Å². The van der Waals surface area contributed by atoms with Crippen LogP contribution in [0, 0.1) is 0 Å². The summed E-state index contributed by atoms with van der Waals surface area (Å²) < 4.78 is 11.3. The summed E-state index contributed by atoms with van der Waals surface area (Å²) >= 11 is 5.38. The molecule has 104 valence electrons. The summed E-state index contributed by atoms with van der Waals surface area (Å²) in [5.74, 6) is 1.61. The van der Waals surface area contributed by atoms with Gasteiger partial charge in [-0.1, -0.05) is 24.6 Å². The number of nitrogens with zero attached hydrogens (tertiary/aromatic N) is 1. The highest BCUT2D eigenvalue weighted by Crippen LogP contribution is 2.43. The van der Waals surface area contributed by atoms with Crippen LogP contribution in [0.5, 0.6) is 5.75 Å². The number of amidine groups is 1. The molecule has 0 radical (unpaired) electrons. The summed E-state index contributed by atoms with van der Waals surface area (Å²) in [6.07, 6.45) is 4.42. The van der Waals surface area contributed by atoms with Gasteiger partial charge in [-0.2, -0.15) is 0 Å². The van der Waals surface area contributed by atoms with E-state index in [0.717, 1.165) is 37.4 Å². The molecule has 0 aliphatic carbocycles. The van der Waals surface area contributed by atoms with Crippen LogP contribution in [0.25, 0.3) is 0 Å². The molecule has 0 saturated heterocycles. The number of hydrogen-bond donors (Lipinski definition) is 1. The summed E-state index contributed by atoms with van der Waals surface area (Å²) in [7, 11) is 0. The van der Waals surface area contributed by atoms with E-state index in [1.807, 2.05) is 30.3 Å². The maximum absolute atomic E-state index is 5.71. The number of benzene rings is 1. The molecule has 1 atom stereocenters. The molecule has 1 unspecified atom stereocenters. The predicted octanol–water partition coefficient (Wildman–Crippen LogP) is 3.50. The van der Waals surface area contributed by atoms with Gasteiger partial charge in [-0.05, 0) is 36.8 Å². The average molecular weight is 298 g/mol. The minimum atomic E-state index is -2.35. The van der Waals surface area contributed by atoms with E-state index in [1.165, 1.54) is 6.42 Å². The molecule has 1 aliphatic heterocycles. The van der Waals surface area contributed by atoms with Crippen molar-refractivity contribution in [1.82, 2.24) is 5.48 Å². The molecule has 0 spiro atoms. The van der Waals surface area contributed by atoms with Crippen LogP contribution < -0.4 is 10.0 Å². The van der Waals surface area contributed by atoms with Gasteiger partial charge in [0.2, 0.25) is 0 Å². The Labute approximate surface area is 119 Å². The van der Waals surface area contributed by atoms with Crippen LogP contribution in [-0.4, -0.2) is 19.0 Å². The van der Waals surface area contributed by atoms with Crippen molar-refractivity contribution in [2.45, 2.75) is 25.7 Å². The van der Waals surface area contributed by atoms with E-state index in [0.29, 0.717) is 0 Å². The lowest BCUT2D eigenvalue weighted by atomic mass is 10.2. The van der Waals surface area contributed by atoms with Gasteiger partial charge in [-0.15, -0.1) is 0 Å². The van der Waals surface area contributed by atoms with Crippen molar-refractivity contribution >= 4 is 24.1 Å². The topological polar surface area (TPSA) is 42.8 Å². The highest BCUT2D eigenvalue weighted by atomic mass is 32.5. The molecule has 2 rings (SSSR count). The van der Waals surface area contributed by atoms with Crippen LogP contribution in [0.15, 0.2) is 35.3 Å². The first-order valence-corrected chi connectivity index (χ1v) is 9.54. The molecule has 0 amide bonds. The van der Waals surface area contributed by atoms with E-state index in [9.17, 15) is 0 Å². The maximum Gasteiger partial charge on any atom is 0.258 e. The summed E-state index contributed by atoms with van der Waals surface area (Å²) in [6, 6.07) is 9.50. The Hall–Kier alpha value is -0.900. The standard InChI is InChI=1S/C13H19N2O2PS/c1-18(19,16-12-8-4-2-5-9-12)17-15-13-10-6-3-7-11-14-13/h2,4-5,8-9H,3,6-7,10-11H2,1H3,(H,14,15). The van der Waals surface area contributed by atoms with Crippen LogP contribution in [0.2, 0.25) is 0 Å². The van der Waals surface area contributed by atoms with E-state index >= 15 is 0 Å². The highest BCUT2D eigenvalue weighted by Gasteiger charge is 2.15. The number of rotatable bonds is 4. The molecule has 6 heteroatoms. The Morgan fingerprint density at radius 2 is 2.00 bits per heavy atom. The Morgan fingerprint density at radius 1 is 1.21 bits per heavy atom. The third kappa shape index (κ3) is 5.31. The third-order valence-corrected chi connectivity index (χ3v) is 4.13. The number of para-hydroxylation sites is 1. The van der Waals surface area contributed by atoms with Gasteiger partial charge < -0.3 is 4.52 Å². The van der Waals surface area contributed by atoms with Gasteiger partial charge >= 0.3 is 0 Å². The maximum atomic E-state index is 5.71. The van der Waals surface area contributed by atoms with Crippen molar-refractivity contribution in [2.75, 3.05) is 13.2 Å². The molecule has 1 aromatic rings. The van der Waals surface area contributed by atoms with Gasteiger partial charge in [0.15, 0.2) is 0 Å². The molecule has 1 aromatic carbocycles. The van der Waals surface area contributed by atoms with Crippen molar-refractivity contribution in [3.8, 4) is 5.75 Å². The number of aliphatic imine (C=N–C) groups is 1. The van der Waals surface area contributed by atoms with E-state index < -0.39 is 6.49 Å².